The number of rotatable bonds is 4. The number of nitrogens with zero attached hydrogens (tertiary/aromatic N) is 2. The minimum Gasteiger partial charge on any atom is -0.316 e. The lowest BCUT2D eigenvalue weighted by molar-refractivity contribution is 0.0998. The van der Waals surface area contributed by atoms with E-state index in [2.05, 4.69) is 55.5 Å². The molecule has 3 rings (SSSR count). The first kappa shape index (κ1) is 19.6. The van der Waals surface area contributed by atoms with Crippen LogP contribution < -0.4 is 4.80 Å². The summed E-state index contributed by atoms with van der Waals surface area (Å²) in [5.74, 6) is -0.307. The zero-order chi connectivity index (χ0) is 19.6. The summed E-state index contributed by atoms with van der Waals surface area (Å²) >= 11 is 7.74. The van der Waals surface area contributed by atoms with Crippen molar-refractivity contribution in [2.24, 2.45) is 4.99 Å². The number of hydrogen-bond donors (Lipinski definition) is 0. The van der Waals surface area contributed by atoms with E-state index in [0.717, 1.165) is 18.7 Å². The minimum atomic E-state index is -0.307. The summed E-state index contributed by atoms with van der Waals surface area (Å²) in [4.78, 5) is 19.0. The normalized spacial score (nSPS) is 11.8. The van der Waals surface area contributed by atoms with Crippen LogP contribution in [0.2, 0.25) is 5.02 Å². The number of carbonyl (C=O) groups excluding carboxylic acids is 1. The van der Waals surface area contributed by atoms with E-state index < -0.39 is 0 Å². The molecular weight excluding hydrogens is 376 g/mol. The molecule has 140 valence electrons. The molecule has 0 aliphatic carbocycles. The molecule has 1 heterocycles. The van der Waals surface area contributed by atoms with Crippen LogP contribution in [0.3, 0.4) is 0 Å². The van der Waals surface area contributed by atoms with E-state index in [1.165, 1.54) is 21.6 Å². The highest BCUT2D eigenvalue weighted by molar-refractivity contribution is 7.09. The predicted molar refractivity (Wildman–Crippen MR) is 114 cm³/mol. The number of benzene rings is 2. The van der Waals surface area contributed by atoms with Crippen molar-refractivity contribution in [3.8, 4) is 11.3 Å². The van der Waals surface area contributed by atoms with Crippen LogP contribution in [0.5, 0.6) is 0 Å². The molecule has 0 spiro atoms. The Morgan fingerprint density at radius 3 is 2.48 bits per heavy atom. The summed E-state index contributed by atoms with van der Waals surface area (Å²) in [7, 11) is 0. The molecule has 27 heavy (non-hydrogen) atoms. The van der Waals surface area contributed by atoms with Gasteiger partial charge in [0.25, 0.3) is 5.91 Å². The summed E-state index contributed by atoms with van der Waals surface area (Å²) in [5, 5.41) is 0.427. The smallest absolute Gasteiger partial charge is 0.281 e. The highest BCUT2D eigenvalue weighted by Gasteiger charge is 2.16. The number of aryl methyl sites for hydroxylation is 3. The molecule has 0 fully saturated rings. The van der Waals surface area contributed by atoms with Gasteiger partial charge in [0.15, 0.2) is 4.80 Å². The van der Waals surface area contributed by atoms with E-state index in [9.17, 15) is 4.79 Å². The summed E-state index contributed by atoms with van der Waals surface area (Å²) in [6.07, 6.45) is 0.892. The highest BCUT2D eigenvalue weighted by atomic mass is 35.5. The number of carbonyl (C=O) groups is 1. The van der Waals surface area contributed by atoms with E-state index in [1.807, 2.05) is 6.07 Å². The zero-order valence-corrected chi connectivity index (χ0v) is 17.6. The molecule has 0 aliphatic heterocycles. The van der Waals surface area contributed by atoms with Gasteiger partial charge in [-0.05, 0) is 62.1 Å². The van der Waals surface area contributed by atoms with E-state index in [0.29, 0.717) is 15.4 Å². The van der Waals surface area contributed by atoms with E-state index >= 15 is 0 Å². The Kier molecular flexibility index (Phi) is 5.98. The Morgan fingerprint density at radius 2 is 1.85 bits per heavy atom. The fourth-order valence-corrected chi connectivity index (χ4v) is 4.43. The van der Waals surface area contributed by atoms with Crippen molar-refractivity contribution < 1.29 is 4.79 Å². The van der Waals surface area contributed by atoms with Gasteiger partial charge in [0.2, 0.25) is 0 Å². The SMILES string of the molecule is CCc1sc(=NC(=O)c2ccccc2Cl)n(CC)c1-c1ccc(C)c(C)c1. The zero-order valence-electron chi connectivity index (χ0n) is 16.0. The molecule has 2 aromatic carbocycles. The maximum absolute atomic E-state index is 12.7. The van der Waals surface area contributed by atoms with Crippen molar-refractivity contribution >= 4 is 28.8 Å². The monoisotopic (exact) mass is 398 g/mol. The van der Waals surface area contributed by atoms with Gasteiger partial charge in [-0.2, -0.15) is 4.99 Å². The first-order chi connectivity index (χ1) is 13.0. The van der Waals surface area contributed by atoms with Crippen molar-refractivity contribution in [3.63, 3.8) is 0 Å². The molecule has 3 aromatic rings. The lowest BCUT2D eigenvalue weighted by atomic mass is 10.0. The predicted octanol–water partition coefficient (Wildman–Crippen LogP) is 5.81. The first-order valence-corrected chi connectivity index (χ1v) is 10.3. The van der Waals surface area contributed by atoms with Gasteiger partial charge in [-0.15, -0.1) is 11.3 Å². The van der Waals surface area contributed by atoms with Crippen molar-refractivity contribution in [1.82, 2.24) is 4.57 Å². The number of amides is 1. The molecule has 0 atom stereocenters. The Hall–Kier alpha value is -2.17. The molecule has 0 N–H and O–H groups in total. The minimum absolute atomic E-state index is 0.307. The fourth-order valence-electron chi connectivity index (χ4n) is 3.06. The third kappa shape index (κ3) is 3.92. The second-order valence-electron chi connectivity index (χ2n) is 6.45. The third-order valence-corrected chi connectivity index (χ3v) is 6.25. The van der Waals surface area contributed by atoms with Gasteiger partial charge < -0.3 is 4.57 Å². The molecular formula is C22H23ClN2OS. The van der Waals surface area contributed by atoms with Crippen LogP contribution in [0, 0.1) is 13.8 Å². The van der Waals surface area contributed by atoms with Crippen LogP contribution in [0.15, 0.2) is 47.5 Å². The lowest BCUT2D eigenvalue weighted by Gasteiger charge is -2.10. The molecule has 0 saturated carbocycles. The number of hydrogen-bond acceptors (Lipinski definition) is 2. The van der Waals surface area contributed by atoms with Gasteiger partial charge in [-0.3, -0.25) is 4.79 Å². The molecule has 3 nitrogen and oxygen atoms in total. The number of halogens is 1. The number of aromatic nitrogens is 1. The van der Waals surface area contributed by atoms with Crippen molar-refractivity contribution in [2.45, 2.75) is 40.7 Å². The lowest BCUT2D eigenvalue weighted by Crippen LogP contribution is -2.17. The molecule has 1 amide bonds. The van der Waals surface area contributed by atoms with Crippen LogP contribution in [-0.4, -0.2) is 10.5 Å². The van der Waals surface area contributed by atoms with Crippen LogP contribution in [0.4, 0.5) is 0 Å². The Balaban J connectivity index is 2.18. The van der Waals surface area contributed by atoms with E-state index in [-0.39, 0.29) is 5.91 Å². The van der Waals surface area contributed by atoms with Gasteiger partial charge in [0.1, 0.15) is 0 Å². The molecule has 0 saturated heterocycles. The summed E-state index contributed by atoms with van der Waals surface area (Å²) in [6, 6.07) is 13.5. The second kappa shape index (κ2) is 8.24. The van der Waals surface area contributed by atoms with Gasteiger partial charge in [0.05, 0.1) is 16.3 Å². The maximum Gasteiger partial charge on any atom is 0.281 e. The van der Waals surface area contributed by atoms with E-state index in [4.69, 9.17) is 11.6 Å². The van der Waals surface area contributed by atoms with Crippen LogP contribution >= 0.6 is 22.9 Å². The average Bonchev–Trinajstić information content (AvgIpc) is 3.01. The highest BCUT2D eigenvalue weighted by Crippen LogP contribution is 2.28. The van der Waals surface area contributed by atoms with Crippen LogP contribution in [0.1, 0.15) is 40.2 Å². The maximum atomic E-state index is 12.7. The van der Waals surface area contributed by atoms with Crippen LogP contribution in [0.25, 0.3) is 11.3 Å². The summed E-state index contributed by atoms with van der Waals surface area (Å²) in [5.41, 5.74) is 5.28. The van der Waals surface area contributed by atoms with Crippen molar-refractivity contribution in [2.75, 3.05) is 0 Å². The van der Waals surface area contributed by atoms with Gasteiger partial charge in [-0.1, -0.05) is 42.8 Å². The van der Waals surface area contributed by atoms with Gasteiger partial charge in [0, 0.05) is 11.4 Å². The molecule has 0 bridgehead atoms. The summed E-state index contributed by atoms with van der Waals surface area (Å²) in [6.45, 7) is 9.20. The first-order valence-electron chi connectivity index (χ1n) is 9.10. The largest absolute Gasteiger partial charge is 0.316 e. The Bertz CT molecular complexity index is 1060. The molecule has 5 heteroatoms. The average molecular weight is 399 g/mol. The van der Waals surface area contributed by atoms with Crippen molar-refractivity contribution in [1.29, 1.82) is 0 Å². The van der Waals surface area contributed by atoms with Crippen LogP contribution in [-0.2, 0) is 13.0 Å². The number of thiazole rings is 1. The quantitative estimate of drug-likeness (QED) is 0.546. The summed E-state index contributed by atoms with van der Waals surface area (Å²) < 4.78 is 2.13. The van der Waals surface area contributed by atoms with E-state index in [1.54, 1.807) is 29.5 Å². The molecule has 0 aliphatic rings. The molecule has 0 unspecified atom stereocenters. The Labute approximate surface area is 169 Å². The third-order valence-electron chi connectivity index (χ3n) is 4.70. The Morgan fingerprint density at radius 1 is 1.11 bits per heavy atom. The van der Waals surface area contributed by atoms with Crippen molar-refractivity contribution in [3.05, 3.63) is 73.9 Å². The molecule has 1 aromatic heterocycles. The second-order valence-corrected chi connectivity index (χ2v) is 7.92. The fraction of sp³-hybridized carbons (Fsp3) is 0.273. The van der Waals surface area contributed by atoms with Gasteiger partial charge in [-0.25, -0.2) is 0 Å². The van der Waals surface area contributed by atoms with Gasteiger partial charge >= 0.3 is 0 Å². The molecule has 0 radical (unpaired) electrons. The standard InChI is InChI=1S/C22H23ClN2OS/c1-5-19-20(16-12-11-14(3)15(4)13-16)25(6-2)22(27-19)24-21(26)17-9-7-8-10-18(17)23/h7-13H,5-6H2,1-4H3. The topological polar surface area (TPSA) is 34.4 Å².